The summed E-state index contributed by atoms with van der Waals surface area (Å²) in [6.45, 7) is 11.7. The second-order valence-corrected chi connectivity index (χ2v) is 11.7. The zero-order chi connectivity index (χ0) is 30.0. The lowest BCUT2D eigenvalue weighted by molar-refractivity contribution is -0.127. The van der Waals surface area contributed by atoms with Crippen molar-refractivity contribution < 1.29 is 14.3 Å². The lowest BCUT2D eigenvalue weighted by Gasteiger charge is -2.30. The van der Waals surface area contributed by atoms with E-state index in [1.54, 1.807) is 16.6 Å². The van der Waals surface area contributed by atoms with Crippen LogP contribution in [0.2, 0.25) is 0 Å². The molecular weight excluding hydrogens is 546 g/mol. The molecule has 42 heavy (non-hydrogen) atoms. The Balaban J connectivity index is 1.73. The zero-order valence-electron chi connectivity index (χ0n) is 25.0. The Bertz CT molecular complexity index is 1830. The highest BCUT2D eigenvalue weighted by Gasteiger charge is 2.36. The van der Waals surface area contributed by atoms with Crippen molar-refractivity contribution in [1.29, 1.82) is 0 Å². The molecule has 8 heteroatoms. The number of amides is 1. The molecule has 1 atom stereocenters. The van der Waals surface area contributed by atoms with Gasteiger partial charge in [0.1, 0.15) is 17.5 Å². The molecule has 0 N–H and O–H groups in total. The molecule has 4 aromatic rings. The van der Waals surface area contributed by atoms with Gasteiger partial charge >= 0.3 is 0 Å². The first-order chi connectivity index (χ1) is 20.3. The minimum atomic E-state index is -0.704. The minimum Gasteiger partial charge on any atom is -0.496 e. The van der Waals surface area contributed by atoms with E-state index in [1.165, 1.54) is 11.3 Å². The molecule has 0 spiro atoms. The first kappa shape index (κ1) is 29.3. The Morgan fingerprint density at radius 1 is 1.07 bits per heavy atom. The summed E-state index contributed by atoms with van der Waals surface area (Å²) < 4.78 is 13.9. The summed E-state index contributed by atoms with van der Waals surface area (Å²) in [7, 11) is 1.62. The summed E-state index contributed by atoms with van der Waals surface area (Å²) in [6.07, 6.45) is 1.87. The largest absolute Gasteiger partial charge is 0.496 e. The van der Waals surface area contributed by atoms with E-state index < -0.39 is 6.04 Å². The van der Waals surface area contributed by atoms with Crippen molar-refractivity contribution >= 4 is 34.1 Å². The number of hydrogen-bond donors (Lipinski definition) is 0. The van der Waals surface area contributed by atoms with Gasteiger partial charge in [0, 0.05) is 18.7 Å². The van der Waals surface area contributed by atoms with E-state index in [9.17, 15) is 9.59 Å². The topological polar surface area (TPSA) is 73.1 Å². The van der Waals surface area contributed by atoms with E-state index in [2.05, 4.69) is 13.8 Å². The second-order valence-electron chi connectivity index (χ2n) is 10.7. The second kappa shape index (κ2) is 12.4. The number of allylic oxidation sites excluding steroid dienone is 1. The monoisotopic (exact) mass is 583 g/mol. The van der Waals surface area contributed by atoms with Crippen molar-refractivity contribution in [3.05, 3.63) is 103 Å². The third-order valence-corrected chi connectivity index (χ3v) is 8.47. The van der Waals surface area contributed by atoms with Crippen molar-refractivity contribution in [2.75, 3.05) is 26.8 Å². The minimum absolute atomic E-state index is 0.132. The van der Waals surface area contributed by atoms with E-state index in [-0.39, 0.29) is 11.5 Å². The van der Waals surface area contributed by atoms with Crippen molar-refractivity contribution in [1.82, 2.24) is 9.47 Å². The predicted molar refractivity (Wildman–Crippen MR) is 169 cm³/mol. The Hall–Kier alpha value is -4.17. The summed E-state index contributed by atoms with van der Waals surface area (Å²) in [5, 5.41) is 1.92. The van der Waals surface area contributed by atoms with Crippen LogP contribution >= 0.6 is 11.3 Å². The number of carbonyl (C=O) groups is 1. The maximum absolute atomic E-state index is 14.2. The molecule has 0 fully saturated rings. The van der Waals surface area contributed by atoms with Gasteiger partial charge in [0.25, 0.3) is 11.5 Å². The third-order valence-electron chi connectivity index (χ3n) is 7.49. The van der Waals surface area contributed by atoms with E-state index in [0.29, 0.717) is 52.0 Å². The predicted octanol–water partition coefficient (Wildman–Crippen LogP) is 5.30. The summed E-state index contributed by atoms with van der Waals surface area (Å²) in [5.41, 5.74) is 2.55. The highest BCUT2D eigenvalue weighted by atomic mass is 32.1. The van der Waals surface area contributed by atoms with Gasteiger partial charge in [-0.25, -0.2) is 4.99 Å². The number of thiazole rings is 1. The number of likely N-dealkylation sites (N-methyl/N-ethyl adjacent to an activating group) is 1. The van der Waals surface area contributed by atoms with Gasteiger partial charge in [-0.05, 0) is 67.3 Å². The normalized spacial score (nSPS) is 15.1. The molecule has 0 aliphatic carbocycles. The molecule has 0 radical (unpaired) electrons. The van der Waals surface area contributed by atoms with E-state index >= 15 is 0 Å². The fraction of sp³-hybridized carbons (Fsp3) is 0.324. The highest BCUT2D eigenvalue weighted by Crippen LogP contribution is 2.40. The number of carbonyl (C=O) groups excluding carboxylic acids is 1. The number of fused-ring (bicyclic) bond motifs is 2. The van der Waals surface area contributed by atoms with Crippen LogP contribution < -0.4 is 24.4 Å². The van der Waals surface area contributed by atoms with Gasteiger partial charge in [-0.3, -0.25) is 14.2 Å². The number of hydrogen-bond acceptors (Lipinski definition) is 6. The molecule has 1 aromatic heterocycles. The third kappa shape index (κ3) is 5.51. The van der Waals surface area contributed by atoms with Gasteiger partial charge in [-0.15, -0.1) is 0 Å². The first-order valence-electron chi connectivity index (χ1n) is 14.4. The van der Waals surface area contributed by atoms with Gasteiger partial charge in [0.2, 0.25) is 0 Å². The van der Waals surface area contributed by atoms with Crippen LogP contribution in [0.15, 0.2) is 81.7 Å². The lowest BCUT2D eigenvalue weighted by atomic mass is 9.90. The first-order valence-corrected chi connectivity index (χ1v) is 15.2. The standard InChI is InChI=1S/C34H37N3O4S/c1-7-36(8-2)33(39)29-22(5)35-34-37(31(29)30-26-12-10-9-11-24(26)15-18-27(30)40-6)32(38)28(42-34)19-23-13-16-25(17-14-23)41-20-21(3)4/h9-19,21,31H,7-8,20H2,1-6H3/b28-19-/t31-/m0/s1. The van der Waals surface area contributed by atoms with E-state index in [1.807, 2.05) is 87.5 Å². The molecule has 1 amide bonds. The zero-order valence-corrected chi connectivity index (χ0v) is 25.8. The lowest BCUT2D eigenvalue weighted by Crippen LogP contribution is -2.43. The van der Waals surface area contributed by atoms with Gasteiger partial charge in [-0.1, -0.05) is 67.6 Å². The molecule has 7 nitrogen and oxygen atoms in total. The van der Waals surface area contributed by atoms with Gasteiger partial charge in [0.05, 0.1) is 29.5 Å². The van der Waals surface area contributed by atoms with Crippen LogP contribution in [0.4, 0.5) is 0 Å². The molecule has 1 aliphatic heterocycles. The van der Waals surface area contributed by atoms with Crippen molar-refractivity contribution in [3.63, 3.8) is 0 Å². The molecular formula is C34H37N3O4S. The fourth-order valence-corrected chi connectivity index (χ4v) is 6.41. The molecule has 1 aliphatic rings. The maximum atomic E-state index is 14.2. The Morgan fingerprint density at radius 2 is 1.79 bits per heavy atom. The van der Waals surface area contributed by atoms with Crippen LogP contribution in [0.1, 0.15) is 51.8 Å². The number of benzene rings is 3. The van der Waals surface area contributed by atoms with Crippen LogP contribution in [-0.4, -0.2) is 42.2 Å². The smallest absolute Gasteiger partial charge is 0.271 e. The van der Waals surface area contributed by atoms with Gasteiger partial charge in [-0.2, -0.15) is 0 Å². The number of rotatable bonds is 9. The average molecular weight is 584 g/mol. The van der Waals surface area contributed by atoms with Crippen LogP contribution in [0.25, 0.3) is 16.8 Å². The van der Waals surface area contributed by atoms with Gasteiger partial charge < -0.3 is 14.4 Å². The number of nitrogens with zero attached hydrogens (tertiary/aromatic N) is 3. The van der Waals surface area contributed by atoms with E-state index in [4.69, 9.17) is 14.5 Å². The maximum Gasteiger partial charge on any atom is 0.271 e. The summed E-state index contributed by atoms with van der Waals surface area (Å²) in [6, 6.07) is 18.9. The SMILES string of the molecule is CCN(CC)C(=O)C1=C(C)N=c2s/c(=C\c3ccc(OCC(C)C)cc3)c(=O)n2[C@@H]1c1c(OC)ccc2ccccc12. The van der Waals surface area contributed by atoms with Crippen molar-refractivity contribution in [2.45, 2.75) is 40.7 Å². The van der Waals surface area contributed by atoms with Crippen LogP contribution in [0.3, 0.4) is 0 Å². The summed E-state index contributed by atoms with van der Waals surface area (Å²) in [4.78, 5) is 35.5. The Labute approximate surface area is 250 Å². The molecule has 0 unspecified atom stereocenters. The number of aromatic nitrogens is 1. The summed E-state index contributed by atoms with van der Waals surface area (Å²) >= 11 is 1.33. The van der Waals surface area contributed by atoms with E-state index in [0.717, 1.165) is 27.6 Å². The Kier molecular flexibility index (Phi) is 8.64. The van der Waals surface area contributed by atoms with Crippen molar-refractivity contribution in [3.8, 4) is 11.5 Å². The number of methoxy groups -OCH3 is 1. The summed E-state index contributed by atoms with van der Waals surface area (Å²) in [5.74, 6) is 1.71. The fourth-order valence-electron chi connectivity index (χ4n) is 5.36. The quantitative estimate of drug-likeness (QED) is 0.268. The average Bonchev–Trinajstić information content (AvgIpc) is 3.29. The molecule has 218 valence electrons. The van der Waals surface area contributed by atoms with Crippen molar-refractivity contribution in [2.24, 2.45) is 10.9 Å². The Morgan fingerprint density at radius 3 is 2.45 bits per heavy atom. The number of ether oxygens (including phenoxy) is 2. The van der Waals surface area contributed by atoms with Crippen LogP contribution in [0, 0.1) is 5.92 Å². The molecule has 2 heterocycles. The van der Waals surface area contributed by atoms with Crippen LogP contribution in [0.5, 0.6) is 11.5 Å². The molecule has 0 bridgehead atoms. The molecule has 5 rings (SSSR count). The van der Waals surface area contributed by atoms with Gasteiger partial charge in [0.15, 0.2) is 4.80 Å². The molecule has 3 aromatic carbocycles. The molecule has 0 saturated carbocycles. The molecule has 0 saturated heterocycles. The van der Waals surface area contributed by atoms with Crippen LogP contribution in [-0.2, 0) is 4.79 Å². The highest BCUT2D eigenvalue weighted by molar-refractivity contribution is 7.07.